The maximum absolute atomic E-state index is 14.5. The van der Waals surface area contributed by atoms with Gasteiger partial charge in [0.25, 0.3) is 5.56 Å². The fourth-order valence-electron chi connectivity index (χ4n) is 5.63. The lowest BCUT2D eigenvalue weighted by Gasteiger charge is -2.26. The van der Waals surface area contributed by atoms with Crippen LogP contribution in [0.2, 0.25) is 0 Å². The molecule has 0 spiro atoms. The molecule has 1 aromatic heterocycles. The highest BCUT2D eigenvalue weighted by molar-refractivity contribution is 14.1. The van der Waals surface area contributed by atoms with Gasteiger partial charge in [-0.25, -0.2) is 9.79 Å². The molecule has 1 atom stereocenters. The van der Waals surface area contributed by atoms with E-state index in [9.17, 15) is 9.59 Å². The predicted octanol–water partition coefficient (Wildman–Crippen LogP) is 7.72. The Balaban J connectivity index is 1.54. The first-order valence-electron chi connectivity index (χ1n) is 15.7. The quantitative estimate of drug-likeness (QED) is 0.112. The number of hydrogen-bond acceptors (Lipinski definition) is 7. The monoisotopic (exact) mass is 891 g/mol. The highest BCUT2D eigenvalue weighted by Gasteiger charge is 2.35. The molecule has 1 aliphatic heterocycles. The predicted molar refractivity (Wildman–Crippen MR) is 209 cm³/mol. The Kier molecular flexibility index (Phi) is 10.8. The van der Waals surface area contributed by atoms with Gasteiger partial charge in [-0.3, -0.25) is 9.36 Å². The molecule has 4 aromatic carbocycles. The first-order chi connectivity index (χ1) is 23.7. The fourth-order valence-corrected chi connectivity index (χ4v) is 8.67. The van der Waals surface area contributed by atoms with Crippen LogP contribution in [0.4, 0.5) is 0 Å². The van der Waals surface area contributed by atoms with Crippen molar-refractivity contribution in [2.45, 2.75) is 39.3 Å². The van der Waals surface area contributed by atoms with Gasteiger partial charge in [0.05, 0.1) is 43.7 Å². The number of fused-ring (bicyclic) bond motifs is 1. The van der Waals surface area contributed by atoms with Crippen LogP contribution in [-0.4, -0.2) is 17.1 Å². The molecule has 0 saturated heterocycles. The second-order valence-corrected chi connectivity index (χ2v) is 15.1. The lowest BCUT2D eigenvalue weighted by Crippen LogP contribution is -2.40. The number of thiazole rings is 1. The van der Waals surface area contributed by atoms with Gasteiger partial charge in [0, 0.05) is 14.7 Å². The minimum atomic E-state index is -0.753. The molecule has 0 fully saturated rings. The van der Waals surface area contributed by atoms with Crippen LogP contribution in [0.1, 0.15) is 66.1 Å². The van der Waals surface area contributed by atoms with Crippen molar-refractivity contribution in [3.8, 4) is 11.8 Å². The largest absolute Gasteiger partial charge is 0.487 e. The zero-order valence-electron chi connectivity index (χ0n) is 26.9. The van der Waals surface area contributed by atoms with Crippen LogP contribution in [0, 0.1) is 18.5 Å². The summed E-state index contributed by atoms with van der Waals surface area (Å²) >= 11 is 5.79. The van der Waals surface area contributed by atoms with Crippen LogP contribution in [0.5, 0.6) is 5.75 Å². The molecular weight excluding hydrogens is 860 g/mol. The Morgan fingerprint density at radius 1 is 1.04 bits per heavy atom. The number of hydrogen-bond donors (Lipinski definition) is 0. The van der Waals surface area contributed by atoms with Gasteiger partial charge < -0.3 is 9.47 Å². The molecule has 0 saturated carbocycles. The van der Waals surface area contributed by atoms with E-state index in [1.54, 1.807) is 23.6 Å². The number of halogens is 2. The highest BCUT2D eigenvalue weighted by atomic mass is 127. The number of nitriles is 1. The molecule has 246 valence electrons. The molecule has 0 bridgehead atoms. The molecule has 0 unspecified atom stereocenters. The van der Waals surface area contributed by atoms with Crippen LogP contribution in [0.15, 0.2) is 106 Å². The van der Waals surface area contributed by atoms with E-state index in [0.29, 0.717) is 44.4 Å². The zero-order valence-corrected chi connectivity index (χ0v) is 32.1. The number of carbonyl (C=O) groups excluding carboxylic acids is 1. The van der Waals surface area contributed by atoms with E-state index in [1.165, 1.54) is 11.3 Å². The summed E-state index contributed by atoms with van der Waals surface area (Å²) in [5.74, 6) is 0.456. The van der Waals surface area contributed by atoms with Gasteiger partial charge in [0.15, 0.2) is 4.80 Å². The second-order valence-electron chi connectivity index (χ2n) is 11.7. The van der Waals surface area contributed by atoms with E-state index < -0.39 is 12.0 Å². The van der Waals surface area contributed by atoms with E-state index in [2.05, 4.69) is 65.1 Å². The molecule has 0 aliphatic carbocycles. The normalized spacial score (nSPS) is 14.3. The molecule has 49 heavy (non-hydrogen) atoms. The van der Waals surface area contributed by atoms with Gasteiger partial charge in [-0.15, -0.1) is 0 Å². The van der Waals surface area contributed by atoms with Crippen molar-refractivity contribution in [3.05, 3.63) is 157 Å². The Bertz CT molecular complexity index is 2290. The topological polar surface area (TPSA) is 93.7 Å². The van der Waals surface area contributed by atoms with Crippen molar-refractivity contribution in [3.63, 3.8) is 0 Å². The maximum Gasteiger partial charge on any atom is 0.338 e. The van der Waals surface area contributed by atoms with Crippen molar-refractivity contribution in [1.82, 2.24) is 4.57 Å². The summed E-state index contributed by atoms with van der Waals surface area (Å²) in [5, 5.41) is 9.16. The molecule has 0 N–H and O–H groups in total. The van der Waals surface area contributed by atoms with Gasteiger partial charge >= 0.3 is 5.97 Å². The fraction of sp³-hybridized carbons (Fsp3) is 0.179. The number of aromatic nitrogens is 1. The Morgan fingerprint density at radius 3 is 2.41 bits per heavy atom. The SMILES string of the molecule is CCOC(=O)C1=C(c2ccccc2)N=c2s/c(=C\c3cc(I)cc(I)c3OCc3ccc(C#N)cc3)c(=O)n2[C@@H]1c1ccc(C(C)C)cc1. The van der Waals surface area contributed by atoms with Crippen molar-refractivity contribution >= 4 is 74.3 Å². The zero-order chi connectivity index (χ0) is 34.7. The van der Waals surface area contributed by atoms with Crippen LogP contribution in [-0.2, 0) is 16.1 Å². The van der Waals surface area contributed by atoms with Gasteiger partial charge in [-0.1, -0.05) is 91.9 Å². The highest BCUT2D eigenvalue weighted by Crippen LogP contribution is 2.36. The summed E-state index contributed by atoms with van der Waals surface area (Å²) < 4.78 is 15.9. The lowest BCUT2D eigenvalue weighted by molar-refractivity contribution is -0.138. The number of nitrogens with zero attached hydrogens (tertiary/aromatic N) is 3. The minimum absolute atomic E-state index is 0.185. The summed E-state index contributed by atoms with van der Waals surface area (Å²) in [7, 11) is 0. The molecule has 0 amide bonds. The summed E-state index contributed by atoms with van der Waals surface area (Å²) in [5.41, 5.74) is 5.50. The van der Waals surface area contributed by atoms with E-state index >= 15 is 0 Å². The molecule has 7 nitrogen and oxygen atoms in total. The molecular formula is C39H31I2N3O4S. The molecule has 1 aliphatic rings. The Labute approximate surface area is 315 Å². The average Bonchev–Trinajstić information content (AvgIpc) is 3.41. The van der Waals surface area contributed by atoms with E-state index in [0.717, 1.165) is 35.0 Å². The van der Waals surface area contributed by atoms with Gasteiger partial charge in [-0.05, 0) is 105 Å². The molecule has 10 heteroatoms. The van der Waals surface area contributed by atoms with Crippen molar-refractivity contribution in [1.29, 1.82) is 5.26 Å². The number of ether oxygens (including phenoxy) is 2. The summed E-state index contributed by atoms with van der Waals surface area (Å²) in [6.07, 6.45) is 1.84. The molecule has 0 radical (unpaired) electrons. The van der Waals surface area contributed by atoms with Crippen molar-refractivity contribution in [2.24, 2.45) is 4.99 Å². The molecule has 6 rings (SSSR count). The summed E-state index contributed by atoms with van der Waals surface area (Å²) in [6.45, 7) is 6.50. The average molecular weight is 892 g/mol. The van der Waals surface area contributed by atoms with Gasteiger partial charge in [0.1, 0.15) is 12.4 Å². The van der Waals surface area contributed by atoms with Gasteiger partial charge in [-0.2, -0.15) is 5.26 Å². The van der Waals surface area contributed by atoms with E-state index in [4.69, 9.17) is 19.7 Å². The minimum Gasteiger partial charge on any atom is -0.487 e. The smallest absolute Gasteiger partial charge is 0.338 e. The summed E-state index contributed by atoms with van der Waals surface area (Å²) in [4.78, 5) is 33.8. The Morgan fingerprint density at radius 2 is 1.76 bits per heavy atom. The number of benzene rings is 4. The standard InChI is InChI=1S/C39H31I2N3O4S/c1-4-47-38(46)33-34(27-8-6-5-7-9-27)43-39-44(35(33)28-16-14-26(15-17-28)23(2)3)37(45)32(49-39)19-29-18-30(40)20-31(41)36(29)48-22-25-12-10-24(21-42)11-13-25/h5-20,23,35H,4,22H2,1-3H3/b32-19-/t35-/m1/s1. The first kappa shape index (κ1) is 34.8. The molecule has 2 heterocycles. The van der Waals surface area contributed by atoms with Crippen LogP contribution in [0.3, 0.4) is 0 Å². The van der Waals surface area contributed by atoms with Crippen molar-refractivity contribution in [2.75, 3.05) is 6.61 Å². The van der Waals surface area contributed by atoms with Crippen LogP contribution in [0.25, 0.3) is 11.8 Å². The Hall–Kier alpha value is -4.06. The first-order valence-corrected chi connectivity index (χ1v) is 18.6. The second kappa shape index (κ2) is 15.2. The molecule has 5 aromatic rings. The third-order valence-corrected chi connectivity index (χ3v) is 10.5. The number of carbonyl (C=O) groups is 1. The van der Waals surface area contributed by atoms with Crippen molar-refractivity contribution < 1.29 is 14.3 Å². The number of rotatable bonds is 9. The lowest BCUT2D eigenvalue weighted by atomic mass is 9.91. The van der Waals surface area contributed by atoms with Gasteiger partial charge in [0.2, 0.25) is 0 Å². The van der Waals surface area contributed by atoms with Crippen LogP contribution < -0.4 is 19.6 Å². The van der Waals surface area contributed by atoms with E-state index in [-0.39, 0.29) is 12.2 Å². The third-order valence-electron chi connectivity index (χ3n) is 8.08. The summed E-state index contributed by atoms with van der Waals surface area (Å²) in [6, 6.07) is 30.3. The van der Waals surface area contributed by atoms with Crippen LogP contribution >= 0.6 is 56.5 Å². The third kappa shape index (κ3) is 7.44. The number of esters is 1. The maximum atomic E-state index is 14.5. The van der Waals surface area contributed by atoms with E-state index in [1.807, 2.05) is 84.9 Å².